The quantitative estimate of drug-likeness (QED) is 0.847. The smallest absolute Gasteiger partial charge is 0.193 e. The highest BCUT2D eigenvalue weighted by Crippen LogP contribution is 2.14. The number of nitrogens with zero attached hydrogens (tertiary/aromatic N) is 4. The molecule has 5 nitrogen and oxygen atoms in total. The van der Waals surface area contributed by atoms with Gasteiger partial charge in [0.25, 0.3) is 0 Å². The molecule has 3 heterocycles. The van der Waals surface area contributed by atoms with Crippen LogP contribution in [0.1, 0.15) is 12.1 Å². The lowest BCUT2D eigenvalue weighted by Gasteiger charge is -2.37. The second-order valence-corrected chi connectivity index (χ2v) is 6.51. The van der Waals surface area contributed by atoms with Crippen LogP contribution in [0, 0.1) is 0 Å². The Balaban J connectivity index is 1.60. The van der Waals surface area contributed by atoms with E-state index in [1.807, 2.05) is 22.2 Å². The van der Waals surface area contributed by atoms with E-state index in [4.69, 9.17) is 0 Å². The van der Waals surface area contributed by atoms with Gasteiger partial charge in [-0.25, -0.2) is 4.98 Å². The molecular weight excluding hydrogens is 272 g/mol. The van der Waals surface area contributed by atoms with E-state index in [9.17, 15) is 4.79 Å². The summed E-state index contributed by atoms with van der Waals surface area (Å²) in [5.74, 6) is 0.280. The average molecular weight is 292 g/mol. The van der Waals surface area contributed by atoms with Crippen molar-refractivity contribution in [3.63, 3.8) is 0 Å². The van der Waals surface area contributed by atoms with Gasteiger partial charge in [-0.05, 0) is 14.1 Å². The van der Waals surface area contributed by atoms with Crippen LogP contribution in [-0.2, 0) is 11.2 Å². The number of hydrogen-bond donors (Lipinski definition) is 0. The molecule has 0 aromatic carbocycles. The molecule has 108 valence electrons. The van der Waals surface area contributed by atoms with Crippen molar-refractivity contribution in [2.24, 2.45) is 0 Å². The van der Waals surface area contributed by atoms with E-state index in [0.717, 1.165) is 30.3 Å². The normalized spacial score (nSPS) is 21.6. The van der Waals surface area contributed by atoms with Crippen LogP contribution in [-0.4, -0.2) is 64.7 Å². The van der Waals surface area contributed by atoms with Crippen molar-refractivity contribution in [1.29, 1.82) is 0 Å². The maximum atomic E-state index is 12.2. The molecule has 1 unspecified atom stereocenters. The van der Waals surface area contributed by atoms with Crippen LogP contribution >= 0.6 is 11.3 Å². The van der Waals surface area contributed by atoms with Gasteiger partial charge in [0.15, 0.2) is 4.96 Å². The highest BCUT2D eigenvalue weighted by Gasteiger charge is 2.24. The van der Waals surface area contributed by atoms with Crippen LogP contribution in [0.5, 0.6) is 0 Å². The molecule has 0 bridgehead atoms. The fourth-order valence-electron chi connectivity index (χ4n) is 2.72. The number of Topliss-reactive ketones (excluding diaryl/α,β-unsaturated/α-hetero) is 1. The highest BCUT2D eigenvalue weighted by molar-refractivity contribution is 7.15. The fraction of sp³-hybridized carbons (Fsp3) is 0.571. The fourth-order valence-corrected chi connectivity index (χ4v) is 3.44. The molecule has 0 aliphatic carbocycles. The summed E-state index contributed by atoms with van der Waals surface area (Å²) in [6.45, 7) is 3.09. The minimum atomic E-state index is 0.280. The maximum Gasteiger partial charge on any atom is 0.193 e. The molecule has 0 spiro atoms. The lowest BCUT2D eigenvalue weighted by molar-refractivity contribution is -0.120. The predicted molar refractivity (Wildman–Crippen MR) is 80.3 cm³/mol. The van der Waals surface area contributed by atoms with Gasteiger partial charge in [-0.1, -0.05) is 0 Å². The Morgan fingerprint density at radius 3 is 3.10 bits per heavy atom. The van der Waals surface area contributed by atoms with Gasteiger partial charge < -0.3 is 9.80 Å². The standard InChI is InChI=1S/C14H20N4OS/c1-16-3-4-17(2)12(10-16)8-13(19)7-11-9-18-5-6-20-14(18)15-11/h5-6,9,12H,3-4,7-8,10H2,1-2H3. The molecule has 2 aromatic rings. The molecule has 1 fully saturated rings. The number of ketones is 1. The third-order valence-corrected chi connectivity index (χ3v) is 4.74. The minimum absolute atomic E-state index is 0.280. The zero-order valence-electron chi connectivity index (χ0n) is 12.0. The summed E-state index contributed by atoms with van der Waals surface area (Å²) in [7, 11) is 4.23. The summed E-state index contributed by atoms with van der Waals surface area (Å²) >= 11 is 1.60. The van der Waals surface area contributed by atoms with Crippen LogP contribution in [0.15, 0.2) is 17.8 Å². The topological polar surface area (TPSA) is 40.9 Å². The number of piperazine rings is 1. The van der Waals surface area contributed by atoms with Crippen molar-refractivity contribution < 1.29 is 4.79 Å². The molecule has 3 rings (SSSR count). The van der Waals surface area contributed by atoms with Gasteiger partial charge >= 0.3 is 0 Å². The molecule has 6 heteroatoms. The molecule has 1 aliphatic heterocycles. The summed E-state index contributed by atoms with van der Waals surface area (Å²) in [5.41, 5.74) is 0.883. The Morgan fingerprint density at radius 1 is 1.45 bits per heavy atom. The Labute approximate surface area is 122 Å². The van der Waals surface area contributed by atoms with Crippen LogP contribution < -0.4 is 0 Å². The predicted octanol–water partition coefficient (Wildman–Crippen LogP) is 1.14. The number of hydrogen-bond acceptors (Lipinski definition) is 5. The van der Waals surface area contributed by atoms with Crippen LogP contribution in [0.25, 0.3) is 4.96 Å². The van der Waals surface area contributed by atoms with Crippen molar-refractivity contribution in [2.45, 2.75) is 18.9 Å². The van der Waals surface area contributed by atoms with Gasteiger partial charge in [0, 0.05) is 49.9 Å². The Hall–Kier alpha value is -1.24. The lowest BCUT2D eigenvalue weighted by Crippen LogP contribution is -2.50. The average Bonchev–Trinajstić information content (AvgIpc) is 2.94. The van der Waals surface area contributed by atoms with E-state index in [1.165, 1.54) is 0 Å². The van der Waals surface area contributed by atoms with E-state index >= 15 is 0 Å². The molecule has 0 saturated carbocycles. The zero-order valence-corrected chi connectivity index (χ0v) is 12.8. The van der Waals surface area contributed by atoms with Gasteiger partial charge in [-0.2, -0.15) is 0 Å². The summed E-state index contributed by atoms with van der Waals surface area (Å²) in [6.07, 6.45) is 5.00. The van der Waals surface area contributed by atoms with Crippen LogP contribution in [0.2, 0.25) is 0 Å². The maximum absolute atomic E-state index is 12.2. The van der Waals surface area contributed by atoms with E-state index in [-0.39, 0.29) is 5.78 Å². The molecule has 1 aliphatic rings. The number of likely N-dealkylation sites (N-methyl/N-ethyl adjacent to an activating group) is 2. The highest BCUT2D eigenvalue weighted by atomic mass is 32.1. The molecule has 0 amide bonds. The van der Waals surface area contributed by atoms with Gasteiger partial charge in [0.1, 0.15) is 5.78 Å². The second kappa shape index (κ2) is 5.63. The van der Waals surface area contributed by atoms with E-state index in [1.54, 1.807) is 11.3 Å². The largest absolute Gasteiger partial charge is 0.304 e. The molecule has 1 atom stereocenters. The number of rotatable bonds is 4. The molecule has 1 saturated heterocycles. The first-order valence-electron chi connectivity index (χ1n) is 6.93. The van der Waals surface area contributed by atoms with Crippen molar-refractivity contribution in [3.8, 4) is 0 Å². The molecular formula is C14H20N4OS. The summed E-state index contributed by atoms with van der Waals surface area (Å²) < 4.78 is 1.98. The minimum Gasteiger partial charge on any atom is -0.304 e. The molecule has 20 heavy (non-hydrogen) atoms. The summed E-state index contributed by atoms with van der Waals surface area (Å²) in [5, 5.41) is 2.00. The summed E-state index contributed by atoms with van der Waals surface area (Å²) in [6, 6.07) is 0.338. The first-order valence-corrected chi connectivity index (χ1v) is 7.81. The SMILES string of the molecule is CN1CCN(C)C(CC(=O)Cc2cn3ccsc3n2)C1. The van der Waals surface area contributed by atoms with Crippen molar-refractivity contribution >= 4 is 22.1 Å². The van der Waals surface area contributed by atoms with Crippen LogP contribution in [0.3, 0.4) is 0 Å². The van der Waals surface area contributed by atoms with Gasteiger partial charge in [0.2, 0.25) is 0 Å². The third-order valence-electron chi connectivity index (χ3n) is 3.96. The number of carbonyl (C=O) groups excluding carboxylic acids is 1. The van der Waals surface area contributed by atoms with Crippen LogP contribution in [0.4, 0.5) is 0 Å². The molecule has 0 radical (unpaired) electrons. The third kappa shape index (κ3) is 2.92. The van der Waals surface area contributed by atoms with E-state index in [2.05, 4.69) is 28.9 Å². The van der Waals surface area contributed by atoms with Crippen molar-refractivity contribution in [1.82, 2.24) is 19.2 Å². The van der Waals surface area contributed by atoms with Crippen molar-refractivity contribution in [2.75, 3.05) is 33.7 Å². The number of aromatic nitrogens is 2. The van der Waals surface area contributed by atoms with Gasteiger partial charge in [0.05, 0.1) is 12.1 Å². The van der Waals surface area contributed by atoms with Gasteiger partial charge in [-0.3, -0.25) is 9.20 Å². The lowest BCUT2D eigenvalue weighted by atomic mass is 10.0. The number of fused-ring (bicyclic) bond motifs is 1. The monoisotopic (exact) mass is 292 g/mol. The van der Waals surface area contributed by atoms with E-state index in [0.29, 0.717) is 18.9 Å². The van der Waals surface area contributed by atoms with Crippen molar-refractivity contribution in [3.05, 3.63) is 23.5 Å². The molecule has 0 N–H and O–H groups in total. The zero-order chi connectivity index (χ0) is 14.1. The Morgan fingerprint density at radius 2 is 2.30 bits per heavy atom. The first-order chi connectivity index (χ1) is 9.61. The first kappa shape index (κ1) is 13.7. The number of carbonyl (C=O) groups is 1. The van der Waals surface area contributed by atoms with E-state index < -0.39 is 0 Å². The van der Waals surface area contributed by atoms with Gasteiger partial charge in [-0.15, -0.1) is 11.3 Å². The number of imidazole rings is 1. The Bertz CT molecular complexity index is 577. The molecule has 2 aromatic heterocycles. The Kier molecular flexibility index (Phi) is 3.87. The number of thiazole rings is 1. The second-order valence-electron chi connectivity index (χ2n) is 5.64. The summed E-state index contributed by atoms with van der Waals surface area (Å²) in [4.78, 5) is 22.3.